The zero-order valence-electron chi connectivity index (χ0n) is 15.0. The molecule has 4 aromatic rings. The van der Waals surface area contributed by atoms with Gasteiger partial charge in [0.2, 0.25) is 11.2 Å². The van der Waals surface area contributed by atoms with E-state index in [-0.39, 0.29) is 22.3 Å². The van der Waals surface area contributed by atoms with Crippen molar-refractivity contribution in [3.8, 4) is 22.8 Å². The van der Waals surface area contributed by atoms with E-state index in [1.807, 2.05) is 18.2 Å². The molecule has 0 aliphatic carbocycles. The van der Waals surface area contributed by atoms with Gasteiger partial charge in [-0.25, -0.2) is 4.79 Å². The van der Waals surface area contributed by atoms with Crippen LogP contribution < -0.4 is 10.2 Å². The monoisotopic (exact) mass is 389 g/mol. The first-order chi connectivity index (χ1) is 14.0. The van der Waals surface area contributed by atoms with Crippen LogP contribution in [0.3, 0.4) is 0 Å². The van der Waals surface area contributed by atoms with Crippen LogP contribution >= 0.6 is 0 Å². The minimum absolute atomic E-state index is 0.00136. The van der Waals surface area contributed by atoms with Gasteiger partial charge in [0.05, 0.1) is 11.1 Å². The van der Waals surface area contributed by atoms with Crippen LogP contribution in [-0.2, 0) is 6.61 Å². The number of fused-ring (bicyclic) bond motifs is 1. The highest BCUT2D eigenvalue weighted by Crippen LogP contribution is 2.32. The highest BCUT2D eigenvalue weighted by Gasteiger charge is 2.19. The zero-order chi connectivity index (χ0) is 20.4. The average Bonchev–Trinajstić information content (AvgIpc) is 2.75. The van der Waals surface area contributed by atoms with E-state index in [1.165, 1.54) is 18.2 Å². The van der Waals surface area contributed by atoms with Crippen LogP contribution in [0.1, 0.15) is 16.1 Å². The smallest absolute Gasteiger partial charge is 0.339 e. The molecule has 0 bridgehead atoms. The Labute approximate surface area is 164 Å². The minimum atomic E-state index is -1.23. The van der Waals surface area contributed by atoms with Crippen molar-refractivity contribution in [3.05, 3.63) is 88.3 Å². The second kappa shape index (κ2) is 7.47. The number of aromatic nitrogens is 1. The van der Waals surface area contributed by atoms with Gasteiger partial charge in [0.15, 0.2) is 11.3 Å². The summed E-state index contributed by atoms with van der Waals surface area (Å²) >= 11 is 0. The van der Waals surface area contributed by atoms with Crippen LogP contribution in [-0.4, -0.2) is 21.2 Å². The molecule has 0 saturated heterocycles. The number of ether oxygens (including phenoxy) is 1. The highest BCUT2D eigenvalue weighted by molar-refractivity contribution is 6.01. The molecule has 0 spiro atoms. The second-order valence-electron chi connectivity index (χ2n) is 6.23. The van der Waals surface area contributed by atoms with Gasteiger partial charge in [-0.2, -0.15) is 0 Å². The van der Waals surface area contributed by atoms with Gasteiger partial charge in [0, 0.05) is 11.8 Å². The molecule has 144 valence electrons. The van der Waals surface area contributed by atoms with Crippen LogP contribution in [0.15, 0.2) is 76.1 Å². The zero-order valence-corrected chi connectivity index (χ0v) is 15.0. The quantitative estimate of drug-likeness (QED) is 0.534. The number of carbonyl (C=O) groups is 1. The van der Waals surface area contributed by atoms with Crippen molar-refractivity contribution >= 4 is 16.9 Å². The molecule has 4 rings (SSSR count). The number of aromatic hydroxyl groups is 1. The number of hydrogen-bond acceptors (Lipinski definition) is 6. The third-order valence-electron chi connectivity index (χ3n) is 4.35. The lowest BCUT2D eigenvalue weighted by atomic mass is 10.1. The van der Waals surface area contributed by atoms with Crippen LogP contribution in [0.4, 0.5) is 0 Å². The Hall–Kier alpha value is -4.13. The molecule has 0 fully saturated rings. The van der Waals surface area contributed by atoms with E-state index >= 15 is 0 Å². The molecule has 0 unspecified atom stereocenters. The lowest BCUT2D eigenvalue weighted by Crippen LogP contribution is -2.06. The highest BCUT2D eigenvalue weighted by atomic mass is 16.5. The van der Waals surface area contributed by atoms with Crippen LogP contribution in [0.5, 0.6) is 11.5 Å². The molecule has 29 heavy (non-hydrogen) atoms. The van der Waals surface area contributed by atoms with Gasteiger partial charge in [0.1, 0.15) is 17.9 Å². The second-order valence-corrected chi connectivity index (χ2v) is 6.23. The summed E-state index contributed by atoms with van der Waals surface area (Å²) < 4.78 is 11.3. The van der Waals surface area contributed by atoms with E-state index < -0.39 is 17.1 Å². The summed E-state index contributed by atoms with van der Waals surface area (Å²) in [7, 11) is 0. The lowest BCUT2D eigenvalue weighted by Gasteiger charge is -2.09. The van der Waals surface area contributed by atoms with Crippen LogP contribution in [0, 0.1) is 0 Å². The summed E-state index contributed by atoms with van der Waals surface area (Å²) in [6.07, 6.45) is 1.68. The maximum Gasteiger partial charge on any atom is 0.339 e. The van der Waals surface area contributed by atoms with Crippen LogP contribution in [0.2, 0.25) is 0 Å². The minimum Gasteiger partial charge on any atom is -0.502 e. The number of aromatic carboxylic acids is 1. The molecule has 0 aliphatic heterocycles. The third kappa shape index (κ3) is 3.53. The van der Waals surface area contributed by atoms with E-state index in [2.05, 4.69) is 4.98 Å². The Morgan fingerprint density at radius 1 is 1.03 bits per heavy atom. The number of pyridine rings is 1. The van der Waals surface area contributed by atoms with E-state index in [0.717, 1.165) is 5.69 Å². The Balaban J connectivity index is 1.69. The van der Waals surface area contributed by atoms with Gasteiger partial charge in [-0.15, -0.1) is 0 Å². The van der Waals surface area contributed by atoms with Gasteiger partial charge in [-0.1, -0.05) is 12.1 Å². The molecule has 2 aromatic carbocycles. The Morgan fingerprint density at radius 3 is 2.52 bits per heavy atom. The van der Waals surface area contributed by atoms with Crippen molar-refractivity contribution < 1.29 is 24.2 Å². The molecule has 0 saturated carbocycles. The topological polar surface area (TPSA) is 110 Å². The molecule has 0 aliphatic rings. The van der Waals surface area contributed by atoms with Crippen molar-refractivity contribution in [1.29, 1.82) is 0 Å². The normalized spacial score (nSPS) is 10.8. The molecule has 7 nitrogen and oxygen atoms in total. The number of carboxylic acid groups (broad SMARTS) is 1. The molecule has 2 heterocycles. The predicted octanol–water partition coefficient (Wildman–Crippen LogP) is 3.84. The summed E-state index contributed by atoms with van der Waals surface area (Å²) in [5.74, 6) is -1.35. The molecule has 2 aromatic heterocycles. The fourth-order valence-electron chi connectivity index (χ4n) is 2.91. The van der Waals surface area contributed by atoms with E-state index in [0.29, 0.717) is 17.9 Å². The van der Waals surface area contributed by atoms with Crippen molar-refractivity contribution in [2.75, 3.05) is 0 Å². The lowest BCUT2D eigenvalue weighted by molar-refractivity contribution is 0.0697. The SMILES string of the molecule is O=C(O)c1cccc2c(=O)c(O)c(-c3ccc(OCc4ccccn4)cc3)oc12. The van der Waals surface area contributed by atoms with Crippen molar-refractivity contribution in [1.82, 2.24) is 4.98 Å². The molecule has 0 radical (unpaired) electrons. The fraction of sp³-hybridized carbons (Fsp3) is 0.0455. The average molecular weight is 389 g/mol. The largest absolute Gasteiger partial charge is 0.502 e. The number of carboxylic acids is 1. The first-order valence-electron chi connectivity index (χ1n) is 8.70. The van der Waals surface area contributed by atoms with E-state index in [9.17, 15) is 19.8 Å². The van der Waals surface area contributed by atoms with Crippen molar-refractivity contribution in [2.45, 2.75) is 6.61 Å². The van der Waals surface area contributed by atoms with Gasteiger partial charge in [-0.3, -0.25) is 9.78 Å². The summed E-state index contributed by atoms with van der Waals surface area (Å²) in [6.45, 7) is 0.290. The first-order valence-corrected chi connectivity index (χ1v) is 8.70. The van der Waals surface area contributed by atoms with E-state index in [4.69, 9.17) is 9.15 Å². The summed E-state index contributed by atoms with van der Waals surface area (Å²) in [4.78, 5) is 28.1. The summed E-state index contributed by atoms with van der Waals surface area (Å²) in [5, 5.41) is 19.7. The van der Waals surface area contributed by atoms with E-state index in [1.54, 1.807) is 30.5 Å². The Morgan fingerprint density at radius 2 is 1.83 bits per heavy atom. The number of nitrogens with zero attached hydrogens (tertiary/aromatic N) is 1. The van der Waals surface area contributed by atoms with Crippen LogP contribution in [0.25, 0.3) is 22.3 Å². The predicted molar refractivity (Wildman–Crippen MR) is 105 cm³/mol. The number of hydrogen-bond donors (Lipinski definition) is 2. The number of benzene rings is 2. The maximum absolute atomic E-state index is 12.5. The number of para-hydroxylation sites is 1. The fourth-order valence-corrected chi connectivity index (χ4v) is 2.91. The molecule has 0 amide bonds. The van der Waals surface area contributed by atoms with Gasteiger partial charge < -0.3 is 19.4 Å². The third-order valence-corrected chi connectivity index (χ3v) is 4.35. The first kappa shape index (κ1) is 18.2. The molecule has 7 heteroatoms. The molecular formula is C22H15NO6. The van der Waals surface area contributed by atoms with Gasteiger partial charge in [-0.05, 0) is 48.5 Å². The summed E-state index contributed by atoms with van der Waals surface area (Å²) in [6, 6.07) is 16.2. The molecular weight excluding hydrogens is 374 g/mol. The summed E-state index contributed by atoms with van der Waals surface area (Å²) in [5.41, 5.74) is 0.243. The van der Waals surface area contributed by atoms with Crippen molar-refractivity contribution in [3.63, 3.8) is 0 Å². The maximum atomic E-state index is 12.5. The number of rotatable bonds is 5. The van der Waals surface area contributed by atoms with Gasteiger partial charge in [0.25, 0.3) is 0 Å². The Bertz CT molecular complexity index is 1250. The molecule has 0 atom stereocenters. The van der Waals surface area contributed by atoms with Gasteiger partial charge >= 0.3 is 5.97 Å². The standard InChI is InChI=1S/C22H15NO6/c24-18-16-5-3-6-17(22(26)27)21(16)29-20(19(18)25)13-7-9-15(10-8-13)28-12-14-4-1-2-11-23-14/h1-11,25H,12H2,(H,26,27). The molecule has 2 N–H and O–H groups in total. The Kier molecular flexibility index (Phi) is 4.70. The van der Waals surface area contributed by atoms with Crippen molar-refractivity contribution in [2.24, 2.45) is 0 Å².